The smallest absolute Gasteiger partial charge is 0.322 e. The van der Waals surface area contributed by atoms with Gasteiger partial charge in [0.2, 0.25) is 5.92 Å². The summed E-state index contributed by atoms with van der Waals surface area (Å²) in [4.78, 5) is 10.7. The Hall–Kier alpha value is -0.230. The molecule has 0 aliphatic heterocycles. The predicted octanol–water partition coefficient (Wildman–Crippen LogP) is 1.89. The third kappa shape index (κ3) is 6.26. The van der Waals surface area contributed by atoms with Crippen molar-refractivity contribution in [2.45, 2.75) is 38.2 Å². The predicted molar refractivity (Wildman–Crippen MR) is 54.8 cm³/mol. The number of halogens is 3. The summed E-state index contributed by atoms with van der Waals surface area (Å²) >= 11 is 0. The van der Waals surface area contributed by atoms with Gasteiger partial charge >= 0.3 is 5.97 Å². The number of ether oxygens (including phenoxy) is 1. The third-order valence-electron chi connectivity index (χ3n) is 1.64. The molecule has 0 saturated carbocycles. The minimum Gasteiger partial charge on any atom is -0.468 e. The monoisotopic (exact) mass is 275 g/mol. The molecule has 0 unspecified atom stereocenters. The summed E-state index contributed by atoms with van der Waals surface area (Å²) in [5.74, 6) is -3.67. The molecule has 0 spiro atoms. The Kier molecular flexibility index (Phi) is 8.24. The van der Waals surface area contributed by atoms with Crippen molar-refractivity contribution in [3.63, 3.8) is 0 Å². The number of esters is 1. The maximum Gasteiger partial charge on any atom is 0.322 e. The first-order valence-corrected chi connectivity index (χ1v) is 4.14. The quantitative estimate of drug-likeness (QED) is 0.780. The molecular weight excluding hydrogens is 260 g/mol. The number of rotatable bonds is 5. The maximum atomic E-state index is 12.9. The molecular formula is C8H16BrF2NO2. The van der Waals surface area contributed by atoms with Crippen LogP contribution in [0.25, 0.3) is 0 Å². The van der Waals surface area contributed by atoms with E-state index in [0.29, 0.717) is 6.42 Å². The number of nitrogens with two attached hydrogens (primary N) is 1. The Bertz CT molecular complexity index is 179. The average molecular weight is 276 g/mol. The Morgan fingerprint density at radius 2 is 2.07 bits per heavy atom. The van der Waals surface area contributed by atoms with Crippen LogP contribution in [0.15, 0.2) is 0 Å². The molecule has 0 amide bonds. The lowest BCUT2D eigenvalue weighted by atomic mass is 10.1. The molecule has 3 nitrogen and oxygen atoms in total. The van der Waals surface area contributed by atoms with Gasteiger partial charge in [-0.25, -0.2) is 8.78 Å². The van der Waals surface area contributed by atoms with Crippen LogP contribution in [-0.4, -0.2) is 25.0 Å². The van der Waals surface area contributed by atoms with E-state index in [1.54, 1.807) is 6.92 Å². The number of hydrogen-bond donors (Lipinski definition) is 1. The van der Waals surface area contributed by atoms with Crippen LogP contribution in [0.4, 0.5) is 8.78 Å². The van der Waals surface area contributed by atoms with Gasteiger partial charge in [-0.1, -0.05) is 13.3 Å². The van der Waals surface area contributed by atoms with Gasteiger partial charge in [0.15, 0.2) is 0 Å². The Morgan fingerprint density at radius 1 is 1.57 bits per heavy atom. The van der Waals surface area contributed by atoms with Crippen LogP contribution in [0, 0.1) is 0 Å². The van der Waals surface area contributed by atoms with Crippen LogP contribution in [0.3, 0.4) is 0 Å². The van der Waals surface area contributed by atoms with Gasteiger partial charge in [0.05, 0.1) is 7.11 Å². The molecule has 2 N–H and O–H groups in total. The first-order chi connectivity index (χ1) is 5.93. The number of carbonyl (C=O) groups is 1. The Labute approximate surface area is 92.8 Å². The fourth-order valence-corrected chi connectivity index (χ4v) is 1.02. The summed E-state index contributed by atoms with van der Waals surface area (Å²) < 4.78 is 30.0. The van der Waals surface area contributed by atoms with Gasteiger partial charge in [-0.15, -0.1) is 17.0 Å². The first-order valence-electron chi connectivity index (χ1n) is 4.14. The lowest BCUT2D eigenvalue weighted by Gasteiger charge is -2.18. The van der Waals surface area contributed by atoms with Gasteiger partial charge in [0.25, 0.3) is 0 Å². The number of alkyl halides is 2. The molecule has 1 atom stereocenters. The van der Waals surface area contributed by atoms with Crippen molar-refractivity contribution in [3.8, 4) is 0 Å². The summed E-state index contributed by atoms with van der Waals surface area (Å²) in [6.45, 7) is 1.65. The van der Waals surface area contributed by atoms with Crippen molar-refractivity contribution in [1.82, 2.24) is 0 Å². The fraction of sp³-hybridized carbons (Fsp3) is 0.875. The van der Waals surface area contributed by atoms with Crippen LogP contribution in [0.5, 0.6) is 0 Å². The molecule has 14 heavy (non-hydrogen) atoms. The highest BCUT2D eigenvalue weighted by Crippen LogP contribution is 2.25. The van der Waals surface area contributed by atoms with Crippen molar-refractivity contribution in [2.24, 2.45) is 5.73 Å². The van der Waals surface area contributed by atoms with E-state index in [1.807, 2.05) is 0 Å². The molecule has 0 aliphatic carbocycles. The van der Waals surface area contributed by atoms with E-state index >= 15 is 0 Å². The first kappa shape index (κ1) is 16.2. The second kappa shape index (κ2) is 7.11. The molecule has 0 aliphatic rings. The molecule has 0 radical (unpaired) electrons. The van der Waals surface area contributed by atoms with E-state index in [4.69, 9.17) is 5.73 Å². The second-order valence-electron chi connectivity index (χ2n) is 2.94. The SMILES string of the molecule is Br.CCCC(F)(F)C[C@H](N)C(=O)OC. The molecule has 0 heterocycles. The van der Waals surface area contributed by atoms with Gasteiger partial charge in [-0.2, -0.15) is 0 Å². The van der Waals surface area contributed by atoms with E-state index in [0.717, 1.165) is 7.11 Å². The zero-order chi connectivity index (χ0) is 10.5. The molecule has 0 aromatic heterocycles. The van der Waals surface area contributed by atoms with E-state index in [2.05, 4.69) is 4.74 Å². The standard InChI is InChI=1S/C8H15F2NO2.BrH/c1-3-4-8(9,10)5-6(11)7(12)13-2;/h6H,3-5,11H2,1-2H3;1H/t6-;/m0./s1. The average Bonchev–Trinajstić information content (AvgIpc) is 2.01. The Balaban J connectivity index is 0. The molecule has 0 aromatic carbocycles. The highest BCUT2D eigenvalue weighted by molar-refractivity contribution is 8.93. The minimum absolute atomic E-state index is 0. The van der Waals surface area contributed by atoms with Gasteiger partial charge < -0.3 is 10.5 Å². The lowest BCUT2D eigenvalue weighted by Crippen LogP contribution is -2.37. The van der Waals surface area contributed by atoms with Crippen molar-refractivity contribution in [3.05, 3.63) is 0 Å². The summed E-state index contributed by atoms with van der Waals surface area (Å²) in [6.07, 6.45) is -0.536. The van der Waals surface area contributed by atoms with E-state index in [-0.39, 0.29) is 23.4 Å². The van der Waals surface area contributed by atoms with Gasteiger partial charge in [0.1, 0.15) is 6.04 Å². The molecule has 0 bridgehead atoms. The molecule has 0 saturated heterocycles. The van der Waals surface area contributed by atoms with Gasteiger partial charge in [-0.05, 0) is 0 Å². The largest absolute Gasteiger partial charge is 0.468 e. The topological polar surface area (TPSA) is 52.3 Å². The Morgan fingerprint density at radius 3 is 2.43 bits per heavy atom. The second-order valence-corrected chi connectivity index (χ2v) is 2.94. The zero-order valence-electron chi connectivity index (χ0n) is 8.26. The van der Waals surface area contributed by atoms with E-state index in [9.17, 15) is 13.6 Å². The number of methoxy groups -OCH3 is 1. The maximum absolute atomic E-state index is 12.9. The minimum atomic E-state index is -2.87. The van der Waals surface area contributed by atoms with Crippen molar-refractivity contribution < 1.29 is 18.3 Å². The van der Waals surface area contributed by atoms with Gasteiger partial charge in [-0.3, -0.25) is 4.79 Å². The van der Waals surface area contributed by atoms with Crippen LogP contribution < -0.4 is 5.73 Å². The van der Waals surface area contributed by atoms with Crippen molar-refractivity contribution >= 4 is 23.0 Å². The highest BCUT2D eigenvalue weighted by Gasteiger charge is 2.33. The van der Waals surface area contributed by atoms with E-state index < -0.39 is 24.4 Å². The highest BCUT2D eigenvalue weighted by atomic mass is 79.9. The van der Waals surface area contributed by atoms with Crippen LogP contribution in [0.2, 0.25) is 0 Å². The van der Waals surface area contributed by atoms with Crippen molar-refractivity contribution in [2.75, 3.05) is 7.11 Å². The fourth-order valence-electron chi connectivity index (χ4n) is 1.02. The molecule has 0 fully saturated rings. The molecule has 0 rings (SSSR count). The summed E-state index contributed by atoms with van der Waals surface area (Å²) in [5, 5.41) is 0. The number of carbonyl (C=O) groups excluding carboxylic acids is 1. The molecule has 6 heteroatoms. The van der Waals surface area contributed by atoms with Crippen LogP contribution >= 0.6 is 17.0 Å². The summed E-state index contributed by atoms with van der Waals surface area (Å²) in [7, 11) is 1.13. The van der Waals surface area contributed by atoms with Gasteiger partial charge in [0, 0.05) is 12.8 Å². The molecule has 0 aromatic rings. The lowest BCUT2D eigenvalue weighted by molar-refractivity contribution is -0.145. The zero-order valence-corrected chi connectivity index (χ0v) is 9.97. The van der Waals surface area contributed by atoms with E-state index in [1.165, 1.54) is 0 Å². The van der Waals surface area contributed by atoms with Crippen LogP contribution in [0.1, 0.15) is 26.2 Å². The normalized spacial score (nSPS) is 12.9. The number of hydrogen-bond acceptors (Lipinski definition) is 3. The summed E-state index contributed by atoms with van der Waals surface area (Å²) in [6, 6.07) is -1.23. The van der Waals surface area contributed by atoms with Crippen molar-refractivity contribution in [1.29, 1.82) is 0 Å². The summed E-state index contributed by atoms with van der Waals surface area (Å²) in [5.41, 5.74) is 5.19. The third-order valence-corrected chi connectivity index (χ3v) is 1.64. The molecule has 86 valence electrons. The van der Waals surface area contributed by atoms with Crippen LogP contribution in [-0.2, 0) is 9.53 Å².